The van der Waals surface area contributed by atoms with Gasteiger partial charge in [-0.2, -0.15) is 0 Å². The van der Waals surface area contributed by atoms with Gasteiger partial charge in [0.25, 0.3) is 0 Å². The Morgan fingerprint density at radius 2 is 1.86 bits per heavy atom. The number of hydrogen-bond acceptors (Lipinski definition) is 3. The van der Waals surface area contributed by atoms with Gasteiger partial charge in [0, 0.05) is 11.8 Å². The van der Waals surface area contributed by atoms with E-state index < -0.39 is 5.54 Å². The van der Waals surface area contributed by atoms with Crippen molar-refractivity contribution in [3.05, 3.63) is 29.3 Å². The first-order valence-corrected chi connectivity index (χ1v) is 8.58. The van der Waals surface area contributed by atoms with Gasteiger partial charge in [-0.15, -0.1) is 0 Å². The van der Waals surface area contributed by atoms with Crippen molar-refractivity contribution in [2.45, 2.75) is 32.7 Å². The number of phenolic OH excluding ortho intramolecular Hbond substituents is 1. The molecule has 1 aromatic carbocycles. The Kier molecular flexibility index (Phi) is 16.8. The van der Waals surface area contributed by atoms with Crippen molar-refractivity contribution in [1.82, 2.24) is 0 Å². The molecule has 0 spiro atoms. The predicted octanol–water partition coefficient (Wildman–Crippen LogP) is -0.300. The van der Waals surface area contributed by atoms with Gasteiger partial charge >= 0.3 is 33.2 Å². The van der Waals surface area contributed by atoms with Crippen molar-refractivity contribution < 1.29 is 41.0 Å². The second kappa shape index (κ2) is 13.6. The fraction of sp³-hybridized carbons (Fsp3) is 0.462. The Morgan fingerprint density at radius 3 is 2.29 bits per heavy atom. The number of hydrogen-bond donors (Lipinski definition) is 2. The summed E-state index contributed by atoms with van der Waals surface area (Å²) in [6.07, 6.45) is 2.54. The van der Waals surface area contributed by atoms with Crippen LogP contribution in [0.5, 0.6) is 5.75 Å². The van der Waals surface area contributed by atoms with E-state index in [0.29, 0.717) is 18.5 Å². The third-order valence-electron chi connectivity index (χ3n) is 2.44. The number of aliphatic hydroxyl groups excluding tert-OH is 1. The summed E-state index contributed by atoms with van der Waals surface area (Å²) < 4.78 is 0. The number of aliphatic imine (C=N–C) groups is 1. The molecule has 0 radical (unpaired) electrons. The van der Waals surface area contributed by atoms with Crippen LogP contribution in [-0.4, -0.2) is 34.0 Å². The summed E-state index contributed by atoms with van der Waals surface area (Å²) in [7, 11) is 9.47. The number of aromatic hydroxyl groups is 1. The standard InChI is InChI=1S/C13H19NO2.3ClH.Co.H2O/c1-4-10-5-6-12(16)11(7-10)8-14-13(2,3)9-15;;;;;/h5-8,15-16H,4,9H2,1-3H3;3*1H;;1H2/q;;;;+2;/p-3. The van der Waals surface area contributed by atoms with E-state index in [-0.39, 0.29) is 30.2 Å². The summed E-state index contributed by atoms with van der Waals surface area (Å²) in [6.45, 7) is 5.72. The van der Waals surface area contributed by atoms with E-state index in [9.17, 15) is 5.11 Å². The Labute approximate surface area is 146 Å². The van der Waals surface area contributed by atoms with Crippen molar-refractivity contribution in [1.29, 1.82) is 0 Å². The van der Waals surface area contributed by atoms with Gasteiger partial charge < -0.3 is 28.1 Å². The molecule has 127 valence electrons. The molecule has 8 heteroatoms. The van der Waals surface area contributed by atoms with E-state index in [1.807, 2.05) is 26.0 Å². The van der Waals surface area contributed by atoms with Gasteiger partial charge in [0.2, 0.25) is 0 Å². The molecule has 0 unspecified atom stereocenters. The molecule has 0 bridgehead atoms. The summed E-state index contributed by atoms with van der Waals surface area (Å²) in [5.41, 5.74) is 1.34. The van der Waals surface area contributed by atoms with Crippen LogP contribution in [0.25, 0.3) is 0 Å². The molecule has 0 aromatic heterocycles. The van der Waals surface area contributed by atoms with Crippen molar-refractivity contribution in [2.75, 3.05) is 6.61 Å². The molecular formula is C13H21Cl3CoNO3-. The molecule has 0 heterocycles. The topological polar surface area (TPSA) is 84.3 Å². The quantitative estimate of drug-likeness (QED) is 0.676. The average molecular weight is 405 g/mol. The first-order chi connectivity index (χ1) is 8.90. The van der Waals surface area contributed by atoms with E-state index in [1.165, 1.54) is 0 Å². The second-order valence-electron chi connectivity index (χ2n) is 4.52. The van der Waals surface area contributed by atoms with Crippen LogP contribution < -0.4 is 12.4 Å². The molecule has 4 N–H and O–H groups in total. The molecule has 1 aromatic rings. The van der Waals surface area contributed by atoms with Crippen LogP contribution in [-0.2, 0) is 19.3 Å². The molecule has 0 atom stereocenters. The van der Waals surface area contributed by atoms with Crippen molar-refractivity contribution in [3.63, 3.8) is 0 Å². The first kappa shape index (κ1) is 25.9. The van der Waals surface area contributed by atoms with Crippen molar-refractivity contribution in [3.8, 4) is 5.75 Å². The van der Waals surface area contributed by atoms with E-state index in [1.54, 1.807) is 12.3 Å². The second-order valence-corrected chi connectivity index (χ2v) is 6.24. The monoisotopic (exact) mass is 403 g/mol. The fourth-order valence-corrected chi connectivity index (χ4v) is 1.21. The Bertz CT molecular complexity index is 418. The molecule has 0 aliphatic rings. The van der Waals surface area contributed by atoms with Gasteiger partial charge in [-0.1, -0.05) is 13.0 Å². The number of phenols is 1. The zero-order chi connectivity index (χ0) is 14.9. The first-order valence-electron chi connectivity index (χ1n) is 5.71. The molecule has 0 aliphatic heterocycles. The fourth-order valence-electron chi connectivity index (χ4n) is 1.21. The van der Waals surface area contributed by atoms with E-state index in [4.69, 9.17) is 25.4 Å². The van der Waals surface area contributed by atoms with Crippen LogP contribution in [0.4, 0.5) is 0 Å². The summed E-state index contributed by atoms with van der Waals surface area (Å²) in [5, 5.41) is 18.7. The SMILES string of the molecule is CCc1ccc(O)c(C=NC(C)(C)CO)c1.O.[Cl-].[Cl][Co][Cl]. The van der Waals surface area contributed by atoms with Crippen molar-refractivity contribution >= 4 is 26.5 Å². The molecule has 1 rings (SSSR count). The van der Waals surface area contributed by atoms with Crippen LogP contribution in [0.1, 0.15) is 31.9 Å². The molecule has 0 saturated heterocycles. The van der Waals surface area contributed by atoms with Gasteiger partial charge in [0.1, 0.15) is 5.75 Å². The summed E-state index contributed by atoms with van der Waals surface area (Å²) in [4.78, 5) is 4.25. The summed E-state index contributed by atoms with van der Waals surface area (Å²) in [5.74, 6) is 0.217. The molecule has 0 amide bonds. The van der Waals surface area contributed by atoms with Gasteiger partial charge in [-0.05, 0) is 38.0 Å². The zero-order valence-corrected chi connectivity index (χ0v) is 15.3. The van der Waals surface area contributed by atoms with Gasteiger partial charge in [0.15, 0.2) is 0 Å². The maximum atomic E-state index is 9.65. The van der Waals surface area contributed by atoms with Gasteiger partial charge in [0.05, 0.1) is 12.1 Å². The van der Waals surface area contributed by atoms with E-state index in [0.717, 1.165) is 12.0 Å². The van der Waals surface area contributed by atoms with Crippen LogP contribution in [0, 0.1) is 0 Å². The number of aryl methyl sites for hydroxylation is 1. The average Bonchev–Trinajstić information content (AvgIpc) is 2.39. The van der Waals surface area contributed by atoms with E-state index in [2.05, 4.69) is 11.9 Å². The van der Waals surface area contributed by atoms with Crippen molar-refractivity contribution in [2.24, 2.45) is 4.99 Å². The van der Waals surface area contributed by atoms with Crippen LogP contribution in [0.15, 0.2) is 23.2 Å². The minimum atomic E-state index is -0.505. The zero-order valence-electron chi connectivity index (χ0n) is 12.0. The molecule has 0 aliphatic carbocycles. The number of aliphatic hydroxyl groups is 1. The third-order valence-corrected chi connectivity index (χ3v) is 2.44. The predicted molar refractivity (Wildman–Crippen MR) is 81.6 cm³/mol. The Balaban J connectivity index is -0.000000596. The van der Waals surface area contributed by atoms with Gasteiger partial charge in [-0.3, -0.25) is 4.99 Å². The van der Waals surface area contributed by atoms with Crippen LogP contribution >= 0.6 is 20.3 Å². The third kappa shape index (κ3) is 11.2. The van der Waals surface area contributed by atoms with Crippen LogP contribution in [0.2, 0.25) is 0 Å². The van der Waals surface area contributed by atoms with Crippen LogP contribution in [0.3, 0.4) is 0 Å². The molecule has 0 fully saturated rings. The maximum absolute atomic E-state index is 9.65. The number of rotatable bonds is 4. The molecule has 21 heavy (non-hydrogen) atoms. The number of nitrogens with zero attached hydrogens (tertiary/aromatic N) is 1. The summed E-state index contributed by atoms with van der Waals surface area (Å²) >= 11 is 0.382. The minimum absolute atomic E-state index is 0. The molecular weight excluding hydrogens is 383 g/mol. The van der Waals surface area contributed by atoms with E-state index >= 15 is 0 Å². The van der Waals surface area contributed by atoms with Gasteiger partial charge in [-0.25, -0.2) is 0 Å². The number of halogens is 3. The molecule has 0 saturated carbocycles. The normalized spacial score (nSPS) is 10.4. The Morgan fingerprint density at radius 1 is 1.33 bits per heavy atom. The summed E-state index contributed by atoms with van der Waals surface area (Å²) in [6, 6.07) is 5.47. The number of benzene rings is 1. The Hall–Kier alpha value is -0.0135. The molecule has 4 nitrogen and oxygen atoms in total.